The molecular weight excluding hydrogens is 176 g/mol. The van der Waals surface area contributed by atoms with Gasteiger partial charge in [0.1, 0.15) is 5.69 Å². The maximum absolute atomic E-state index is 12.1. The number of hydrogen-bond acceptors (Lipinski definition) is 2. The van der Waals surface area contributed by atoms with Gasteiger partial charge in [-0.05, 0) is 18.9 Å². The topological polar surface area (TPSA) is 34.9 Å². The molecule has 1 aromatic heterocycles. The van der Waals surface area contributed by atoms with Crippen LogP contribution in [0, 0.1) is 12.3 Å². The average molecular weight is 194 g/mol. The minimum absolute atomic E-state index is 0.178. The van der Waals surface area contributed by atoms with Crippen LogP contribution in [0.4, 0.5) is 0 Å². The molecule has 0 aliphatic rings. The van der Waals surface area contributed by atoms with Gasteiger partial charge in [-0.2, -0.15) is 5.10 Å². The fourth-order valence-electron chi connectivity index (χ4n) is 1.35. The number of nitrogens with zero attached hydrogens (tertiary/aromatic N) is 2. The number of Topliss-reactive ketones (excluding diaryl/α,β-unsaturated/α-hetero) is 1. The quantitative estimate of drug-likeness (QED) is 0.692. The lowest BCUT2D eigenvalue weighted by Crippen LogP contribution is -2.26. The molecule has 1 aromatic rings. The summed E-state index contributed by atoms with van der Waals surface area (Å²) in [5, 5.41) is 4.08. The third-order valence-electron chi connectivity index (χ3n) is 2.84. The van der Waals surface area contributed by atoms with Crippen LogP contribution in [-0.4, -0.2) is 15.6 Å². The van der Waals surface area contributed by atoms with E-state index in [-0.39, 0.29) is 11.2 Å². The van der Waals surface area contributed by atoms with E-state index in [2.05, 4.69) is 5.10 Å². The van der Waals surface area contributed by atoms with Gasteiger partial charge in [0.2, 0.25) is 0 Å². The third kappa shape index (κ3) is 1.72. The lowest BCUT2D eigenvalue weighted by atomic mass is 9.83. The molecule has 1 heterocycles. The molecule has 0 aliphatic heterocycles. The number of ketones is 1. The molecule has 0 atom stereocenters. The van der Waals surface area contributed by atoms with Crippen LogP contribution in [0.3, 0.4) is 0 Å². The lowest BCUT2D eigenvalue weighted by molar-refractivity contribution is 0.0822. The van der Waals surface area contributed by atoms with Gasteiger partial charge < -0.3 is 0 Å². The molecule has 0 saturated heterocycles. The second kappa shape index (κ2) is 3.56. The summed E-state index contributed by atoms with van der Waals surface area (Å²) in [4.78, 5) is 12.1. The van der Waals surface area contributed by atoms with Crippen LogP contribution in [0.2, 0.25) is 0 Å². The van der Waals surface area contributed by atoms with E-state index in [1.54, 1.807) is 10.9 Å². The molecule has 1 rings (SSSR count). The first-order valence-electron chi connectivity index (χ1n) is 4.93. The Morgan fingerprint density at radius 2 is 2.14 bits per heavy atom. The highest BCUT2D eigenvalue weighted by Crippen LogP contribution is 2.26. The summed E-state index contributed by atoms with van der Waals surface area (Å²) in [6.45, 7) is 7.90. The van der Waals surface area contributed by atoms with Gasteiger partial charge in [0.15, 0.2) is 5.78 Å². The predicted octanol–water partition coefficient (Wildman–Crippen LogP) is 2.35. The Balaban J connectivity index is 3.13. The Morgan fingerprint density at radius 1 is 1.57 bits per heavy atom. The van der Waals surface area contributed by atoms with Crippen LogP contribution < -0.4 is 0 Å². The average Bonchev–Trinajstić information content (AvgIpc) is 2.45. The molecule has 0 N–H and O–H groups in total. The molecule has 0 unspecified atom stereocenters. The van der Waals surface area contributed by atoms with E-state index in [1.165, 1.54) is 0 Å². The van der Waals surface area contributed by atoms with Crippen molar-refractivity contribution in [1.82, 2.24) is 9.78 Å². The molecule has 0 aromatic carbocycles. The third-order valence-corrected chi connectivity index (χ3v) is 2.84. The summed E-state index contributed by atoms with van der Waals surface area (Å²) >= 11 is 0. The number of aryl methyl sites for hydroxylation is 2. The smallest absolute Gasteiger partial charge is 0.186 e. The lowest BCUT2D eigenvalue weighted by Gasteiger charge is -2.21. The molecule has 78 valence electrons. The predicted molar refractivity (Wildman–Crippen MR) is 56.3 cm³/mol. The molecule has 0 amide bonds. The summed E-state index contributed by atoms with van der Waals surface area (Å²) in [5.74, 6) is 0.178. The van der Waals surface area contributed by atoms with Crippen LogP contribution in [0.5, 0.6) is 0 Å². The summed E-state index contributed by atoms with van der Waals surface area (Å²) < 4.78 is 1.66. The van der Waals surface area contributed by atoms with Crippen molar-refractivity contribution in [3.05, 3.63) is 17.5 Å². The van der Waals surface area contributed by atoms with E-state index < -0.39 is 0 Å². The number of hydrogen-bond donors (Lipinski definition) is 0. The minimum atomic E-state index is -0.293. The van der Waals surface area contributed by atoms with Gasteiger partial charge >= 0.3 is 0 Å². The summed E-state index contributed by atoms with van der Waals surface area (Å²) in [6, 6.07) is 0. The molecule has 3 heteroatoms. The highest BCUT2D eigenvalue weighted by Gasteiger charge is 2.29. The zero-order chi connectivity index (χ0) is 10.9. The van der Waals surface area contributed by atoms with Gasteiger partial charge in [-0.15, -0.1) is 0 Å². The molecule has 0 radical (unpaired) electrons. The standard InChI is InChI=1S/C11H18N2O/c1-6-11(3,4)10(14)9-8(2)7-12-13(9)5/h7H,6H2,1-5H3. The Hall–Kier alpha value is -1.12. The molecule has 3 nitrogen and oxygen atoms in total. The molecule has 0 spiro atoms. The Kier molecular flexibility index (Phi) is 2.79. The molecule has 0 fully saturated rings. The minimum Gasteiger partial charge on any atom is -0.292 e. The fraction of sp³-hybridized carbons (Fsp3) is 0.636. The summed E-state index contributed by atoms with van der Waals surface area (Å²) in [6.07, 6.45) is 2.58. The second-order valence-electron chi connectivity index (χ2n) is 4.37. The monoisotopic (exact) mass is 194 g/mol. The first-order valence-corrected chi connectivity index (χ1v) is 4.93. The maximum Gasteiger partial charge on any atom is 0.186 e. The fourth-order valence-corrected chi connectivity index (χ4v) is 1.35. The zero-order valence-electron chi connectivity index (χ0n) is 9.59. The van der Waals surface area contributed by atoms with E-state index in [4.69, 9.17) is 0 Å². The van der Waals surface area contributed by atoms with Gasteiger partial charge in [-0.25, -0.2) is 0 Å². The van der Waals surface area contributed by atoms with Crippen LogP contribution in [0.1, 0.15) is 43.2 Å². The molecular formula is C11H18N2O. The highest BCUT2D eigenvalue weighted by atomic mass is 16.1. The number of carbonyl (C=O) groups excluding carboxylic acids is 1. The van der Waals surface area contributed by atoms with Gasteiger partial charge in [-0.1, -0.05) is 20.8 Å². The van der Waals surface area contributed by atoms with E-state index in [1.807, 2.05) is 34.7 Å². The Labute approximate surface area is 85.1 Å². The molecule has 0 aliphatic carbocycles. The highest BCUT2D eigenvalue weighted by molar-refractivity contribution is 5.99. The normalized spacial score (nSPS) is 11.8. The van der Waals surface area contributed by atoms with E-state index >= 15 is 0 Å². The second-order valence-corrected chi connectivity index (χ2v) is 4.37. The van der Waals surface area contributed by atoms with E-state index in [9.17, 15) is 4.79 Å². The Bertz CT molecular complexity index is 331. The summed E-state index contributed by atoms with van der Waals surface area (Å²) in [7, 11) is 1.81. The first kappa shape index (κ1) is 11.0. The van der Waals surface area contributed by atoms with Crippen LogP contribution in [-0.2, 0) is 7.05 Å². The van der Waals surface area contributed by atoms with Gasteiger partial charge in [0.25, 0.3) is 0 Å². The van der Waals surface area contributed by atoms with Crippen LogP contribution >= 0.6 is 0 Å². The summed E-state index contributed by atoms with van der Waals surface area (Å²) in [5.41, 5.74) is 1.40. The van der Waals surface area contributed by atoms with Gasteiger partial charge in [-0.3, -0.25) is 9.48 Å². The van der Waals surface area contributed by atoms with Crippen molar-refractivity contribution >= 4 is 5.78 Å². The molecule has 0 saturated carbocycles. The van der Waals surface area contributed by atoms with E-state index in [0.717, 1.165) is 17.7 Å². The largest absolute Gasteiger partial charge is 0.292 e. The van der Waals surface area contributed by atoms with Crippen LogP contribution in [0.15, 0.2) is 6.20 Å². The van der Waals surface area contributed by atoms with Crippen LogP contribution in [0.25, 0.3) is 0 Å². The van der Waals surface area contributed by atoms with Crippen molar-refractivity contribution in [1.29, 1.82) is 0 Å². The van der Waals surface area contributed by atoms with Gasteiger partial charge in [0.05, 0.1) is 6.20 Å². The number of carbonyl (C=O) groups is 1. The zero-order valence-corrected chi connectivity index (χ0v) is 9.59. The number of aromatic nitrogens is 2. The molecule has 0 bridgehead atoms. The van der Waals surface area contributed by atoms with Crippen molar-refractivity contribution in [3.8, 4) is 0 Å². The first-order chi connectivity index (χ1) is 6.40. The van der Waals surface area contributed by atoms with E-state index in [0.29, 0.717) is 0 Å². The van der Waals surface area contributed by atoms with Crippen molar-refractivity contribution in [2.24, 2.45) is 12.5 Å². The molecule has 14 heavy (non-hydrogen) atoms. The van der Waals surface area contributed by atoms with Crippen molar-refractivity contribution in [2.45, 2.75) is 34.1 Å². The maximum atomic E-state index is 12.1. The SMILES string of the molecule is CCC(C)(C)C(=O)c1c(C)cnn1C. The Morgan fingerprint density at radius 3 is 2.50 bits per heavy atom. The number of rotatable bonds is 3. The van der Waals surface area contributed by atoms with Crippen molar-refractivity contribution in [3.63, 3.8) is 0 Å². The van der Waals surface area contributed by atoms with Crippen molar-refractivity contribution < 1.29 is 4.79 Å². The van der Waals surface area contributed by atoms with Gasteiger partial charge in [0, 0.05) is 12.5 Å². The van der Waals surface area contributed by atoms with Crippen molar-refractivity contribution in [2.75, 3.05) is 0 Å².